The Hall–Kier alpha value is -1.96. The van der Waals surface area contributed by atoms with Crippen LogP contribution < -0.4 is 10.6 Å². The van der Waals surface area contributed by atoms with Gasteiger partial charge in [0.15, 0.2) is 0 Å². The van der Waals surface area contributed by atoms with Gasteiger partial charge in [-0.15, -0.1) is 0 Å². The molecule has 8 heteroatoms. The Morgan fingerprint density at radius 3 is 2.67 bits per heavy atom. The van der Waals surface area contributed by atoms with Gasteiger partial charge in [0.2, 0.25) is 11.8 Å². The zero-order valence-corrected chi connectivity index (χ0v) is 12.7. The molecule has 0 saturated heterocycles. The molecule has 1 heterocycles. The van der Waals surface area contributed by atoms with Crippen molar-refractivity contribution in [1.82, 2.24) is 14.9 Å². The van der Waals surface area contributed by atoms with Gasteiger partial charge in [0.1, 0.15) is 5.69 Å². The van der Waals surface area contributed by atoms with Crippen molar-refractivity contribution < 1.29 is 4.92 Å². The van der Waals surface area contributed by atoms with Crippen LogP contribution in [0, 0.1) is 17.0 Å². The zero-order chi connectivity index (χ0) is 15.4. The van der Waals surface area contributed by atoms with Gasteiger partial charge < -0.3 is 15.5 Å². The Labute approximate surface area is 124 Å². The first-order chi connectivity index (χ1) is 10.0. The van der Waals surface area contributed by atoms with Gasteiger partial charge in [-0.2, -0.15) is 4.98 Å². The van der Waals surface area contributed by atoms with E-state index in [1.165, 1.54) is 12.8 Å². The number of aryl methyl sites for hydroxylation is 1. The number of nitrogens with one attached hydrogen (secondary N) is 2. The van der Waals surface area contributed by atoms with Gasteiger partial charge in [-0.25, -0.2) is 4.98 Å². The standard InChI is InChI=1S/C13H22N6O2/c1-4-14-13-16-9(2)11(19(20)21)12(17-13)15-7-8-18(3)10-5-6-10/h10H,4-8H2,1-3H3,(H2,14,15,16,17). The van der Waals surface area contributed by atoms with Crippen molar-refractivity contribution in [2.45, 2.75) is 32.7 Å². The largest absolute Gasteiger partial charge is 0.363 e. The highest BCUT2D eigenvalue weighted by Gasteiger charge is 2.26. The van der Waals surface area contributed by atoms with E-state index >= 15 is 0 Å². The highest BCUT2D eigenvalue weighted by atomic mass is 16.6. The molecule has 1 aliphatic rings. The summed E-state index contributed by atoms with van der Waals surface area (Å²) in [4.78, 5) is 21.3. The molecule has 0 aliphatic heterocycles. The maximum atomic E-state index is 11.2. The van der Waals surface area contributed by atoms with Crippen molar-refractivity contribution in [1.29, 1.82) is 0 Å². The summed E-state index contributed by atoms with van der Waals surface area (Å²) in [7, 11) is 2.07. The van der Waals surface area contributed by atoms with Gasteiger partial charge in [0, 0.05) is 25.7 Å². The van der Waals surface area contributed by atoms with E-state index in [9.17, 15) is 10.1 Å². The monoisotopic (exact) mass is 294 g/mol. The van der Waals surface area contributed by atoms with Crippen molar-refractivity contribution in [2.75, 3.05) is 37.3 Å². The van der Waals surface area contributed by atoms with E-state index in [1.54, 1.807) is 6.92 Å². The SMILES string of the molecule is CCNc1nc(C)c([N+](=O)[O-])c(NCCN(C)C2CC2)n1. The van der Waals surface area contributed by atoms with Crippen LogP contribution in [0.1, 0.15) is 25.5 Å². The molecule has 1 aliphatic carbocycles. The van der Waals surface area contributed by atoms with Crippen molar-refractivity contribution in [2.24, 2.45) is 0 Å². The Bertz CT molecular complexity index is 518. The van der Waals surface area contributed by atoms with Crippen molar-refractivity contribution in [3.05, 3.63) is 15.8 Å². The molecule has 1 aromatic heterocycles. The van der Waals surface area contributed by atoms with Gasteiger partial charge in [-0.3, -0.25) is 10.1 Å². The number of nitro groups is 1. The van der Waals surface area contributed by atoms with Crippen LogP contribution in [0.5, 0.6) is 0 Å². The van der Waals surface area contributed by atoms with Crippen LogP contribution in [0.15, 0.2) is 0 Å². The van der Waals surface area contributed by atoms with E-state index in [0.29, 0.717) is 30.8 Å². The lowest BCUT2D eigenvalue weighted by atomic mass is 10.3. The van der Waals surface area contributed by atoms with Gasteiger partial charge in [0.05, 0.1) is 4.92 Å². The first kappa shape index (κ1) is 15.4. The predicted molar refractivity (Wildman–Crippen MR) is 81.7 cm³/mol. The quantitative estimate of drug-likeness (QED) is 0.555. The minimum Gasteiger partial charge on any atom is -0.363 e. The molecule has 1 fully saturated rings. The molecule has 2 N–H and O–H groups in total. The fraction of sp³-hybridized carbons (Fsp3) is 0.692. The number of likely N-dealkylation sites (N-methyl/N-ethyl adjacent to an activating group) is 1. The minimum atomic E-state index is -0.433. The van der Waals surface area contributed by atoms with Crippen LogP contribution in [-0.2, 0) is 0 Å². The third-order valence-electron chi connectivity index (χ3n) is 3.50. The average molecular weight is 294 g/mol. The summed E-state index contributed by atoms with van der Waals surface area (Å²) in [6.45, 7) is 5.68. The topological polar surface area (TPSA) is 96.2 Å². The normalized spacial score (nSPS) is 14.3. The number of aromatic nitrogens is 2. The van der Waals surface area contributed by atoms with Crippen LogP contribution in [0.25, 0.3) is 0 Å². The molecule has 0 bridgehead atoms. The highest BCUT2D eigenvalue weighted by molar-refractivity contribution is 5.60. The van der Waals surface area contributed by atoms with Gasteiger partial charge in [0.25, 0.3) is 0 Å². The first-order valence-electron chi connectivity index (χ1n) is 7.24. The molecule has 1 saturated carbocycles. The van der Waals surface area contributed by atoms with Gasteiger partial charge >= 0.3 is 5.69 Å². The maximum absolute atomic E-state index is 11.2. The lowest BCUT2D eigenvalue weighted by molar-refractivity contribution is -0.385. The summed E-state index contributed by atoms with van der Waals surface area (Å²) in [6, 6.07) is 0.672. The number of anilines is 2. The Balaban J connectivity index is 2.08. The molecular weight excluding hydrogens is 272 g/mol. The van der Waals surface area contributed by atoms with E-state index in [-0.39, 0.29) is 11.5 Å². The summed E-state index contributed by atoms with van der Waals surface area (Å²) in [5, 5.41) is 17.2. The fourth-order valence-corrected chi connectivity index (χ4v) is 2.19. The minimum absolute atomic E-state index is 0.0503. The smallest absolute Gasteiger partial charge is 0.332 e. The Morgan fingerprint density at radius 2 is 2.10 bits per heavy atom. The van der Waals surface area contributed by atoms with Gasteiger partial charge in [-0.05, 0) is 33.7 Å². The summed E-state index contributed by atoms with van der Waals surface area (Å²) >= 11 is 0. The van der Waals surface area contributed by atoms with Crippen molar-refractivity contribution in [3.8, 4) is 0 Å². The van der Waals surface area contributed by atoms with Crippen LogP contribution in [0.3, 0.4) is 0 Å². The molecule has 0 spiro atoms. The average Bonchev–Trinajstić information content (AvgIpc) is 3.22. The molecule has 116 valence electrons. The van der Waals surface area contributed by atoms with E-state index in [0.717, 1.165) is 6.54 Å². The molecule has 0 amide bonds. The van der Waals surface area contributed by atoms with Crippen molar-refractivity contribution in [3.63, 3.8) is 0 Å². The number of hydrogen-bond donors (Lipinski definition) is 2. The highest BCUT2D eigenvalue weighted by Crippen LogP contribution is 2.27. The third-order valence-corrected chi connectivity index (χ3v) is 3.50. The molecular formula is C13H22N6O2. The molecule has 21 heavy (non-hydrogen) atoms. The number of nitrogens with zero attached hydrogens (tertiary/aromatic N) is 4. The second-order valence-electron chi connectivity index (χ2n) is 5.26. The first-order valence-corrected chi connectivity index (χ1v) is 7.24. The van der Waals surface area contributed by atoms with E-state index in [4.69, 9.17) is 0 Å². The van der Waals surface area contributed by atoms with E-state index in [2.05, 4.69) is 32.5 Å². The maximum Gasteiger partial charge on any atom is 0.332 e. The van der Waals surface area contributed by atoms with Gasteiger partial charge in [-0.1, -0.05) is 0 Å². The molecule has 1 aromatic rings. The fourth-order valence-electron chi connectivity index (χ4n) is 2.19. The second-order valence-corrected chi connectivity index (χ2v) is 5.26. The Kier molecular flexibility index (Phi) is 4.89. The van der Waals surface area contributed by atoms with E-state index in [1.807, 2.05) is 6.92 Å². The summed E-state index contributed by atoms with van der Waals surface area (Å²) in [5.74, 6) is 0.700. The zero-order valence-electron chi connectivity index (χ0n) is 12.7. The molecule has 0 unspecified atom stereocenters. The third kappa shape index (κ3) is 4.01. The summed E-state index contributed by atoms with van der Waals surface area (Å²) in [6.07, 6.45) is 2.49. The molecule has 2 rings (SSSR count). The predicted octanol–water partition coefficient (Wildman–Crippen LogP) is 1.63. The second kappa shape index (κ2) is 6.66. The molecule has 0 atom stereocenters. The molecule has 0 aromatic carbocycles. The van der Waals surface area contributed by atoms with Crippen molar-refractivity contribution >= 4 is 17.5 Å². The number of rotatable bonds is 8. The van der Waals surface area contributed by atoms with Crippen LogP contribution in [-0.4, -0.2) is 52.5 Å². The molecule has 0 radical (unpaired) electrons. The number of hydrogen-bond acceptors (Lipinski definition) is 7. The lowest BCUT2D eigenvalue weighted by Crippen LogP contribution is -2.27. The molecule has 8 nitrogen and oxygen atoms in total. The lowest BCUT2D eigenvalue weighted by Gasteiger charge is -2.16. The van der Waals surface area contributed by atoms with Crippen LogP contribution >= 0.6 is 0 Å². The van der Waals surface area contributed by atoms with Crippen LogP contribution in [0.4, 0.5) is 17.5 Å². The van der Waals surface area contributed by atoms with Crippen LogP contribution in [0.2, 0.25) is 0 Å². The summed E-state index contributed by atoms with van der Waals surface area (Å²) in [5.41, 5.74) is 0.315. The van der Waals surface area contributed by atoms with E-state index < -0.39 is 4.92 Å². The summed E-state index contributed by atoms with van der Waals surface area (Å²) < 4.78 is 0. The Morgan fingerprint density at radius 1 is 1.38 bits per heavy atom.